The van der Waals surface area contributed by atoms with Crippen molar-refractivity contribution in [1.82, 2.24) is 9.97 Å². The van der Waals surface area contributed by atoms with Crippen molar-refractivity contribution >= 4 is 27.5 Å². The van der Waals surface area contributed by atoms with Crippen molar-refractivity contribution in [3.05, 3.63) is 45.1 Å². The normalized spacial score (nSPS) is 12.0. The molecule has 0 unspecified atom stereocenters. The van der Waals surface area contributed by atoms with E-state index in [-0.39, 0.29) is 22.5 Å². The molecule has 0 fully saturated rings. The van der Waals surface area contributed by atoms with Gasteiger partial charge in [-0.15, -0.1) is 0 Å². The first-order chi connectivity index (χ1) is 9.71. The Bertz CT molecular complexity index is 672. The summed E-state index contributed by atoms with van der Waals surface area (Å²) >= 11 is 9.27. The molecule has 0 N–H and O–H groups in total. The number of aromatic nitrogens is 2. The third-order valence-electron chi connectivity index (χ3n) is 2.86. The Morgan fingerprint density at radius 2 is 1.76 bits per heavy atom. The zero-order valence-corrected chi connectivity index (χ0v) is 13.5. The van der Waals surface area contributed by atoms with Gasteiger partial charge in [-0.25, -0.2) is 9.97 Å². The molecule has 21 heavy (non-hydrogen) atoms. The van der Waals surface area contributed by atoms with Crippen LogP contribution in [0.2, 0.25) is 5.15 Å². The van der Waals surface area contributed by atoms with Crippen LogP contribution < -0.4 is 0 Å². The van der Waals surface area contributed by atoms with Gasteiger partial charge in [0.2, 0.25) is 0 Å². The van der Waals surface area contributed by atoms with Gasteiger partial charge in [0, 0.05) is 5.56 Å². The minimum Gasteiger partial charge on any atom is -0.232 e. The molecule has 0 radical (unpaired) electrons. The fourth-order valence-electron chi connectivity index (χ4n) is 1.86. The SMILES string of the molecule is CC(C)c1nc(-c2ccccc2C(F)(F)F)nc(Cl)c1Br. The first-order valence-corrected chi connectivity index (χ1v) is 7.28. The largest absolute Gasteiger partial charge is 0.417 e. The van der Waals surface area contributed by atoms with E-state index >= 15 is 0 Å². The van der Waals surface area contributed by atoms with Crippen molar-refractivity contribution in [3.8, 4) is 11.4 Å². The third-order valence-corrected chi connectivity index (χ3v) is 4.14. The minimum absolute atomic E-state index is 0.00308. The summed E-state index contributed by atoms with van der Waals surface area (Å²) < 4.78 is 39.7. The van der Waals surface area contributed by atoms with E-state index in [2.05, 4.69) is 25.9 Å². The predicted molar refractivity (Wildman–Crippen MR) is 79.3 cm³/mol. The molecule has 2 nitrogen and oxygen atoms in total. The van der Waals surface area contributed by atoms with Gasteiger partial charge in [0.15, 0.2) is 5.82 Å². The minimum atomic E-state index is -4.47. The Hall–Kier alpha value is -1.14. The van der Waals surface area contributed by atoms with Crippen LogP contribution in [0.15, 0.2) is 28.7 Å². The van der Waals surface area contributed by atoms with Crippen molar-refractivity contribution in [3.63, 3.8) is 0 Å². The van der Waals surface area contributed by atoms with Crippen molar-refractivity contribution < 1.29 is 13.2 Å². The average molecular weight is 380 g/mol. The second kappa shape index (κ2) is 5.93. The van der Waals surface area contributed by atoms with E-state index in [9.17, 15) is 13.2 Å². The standard InChI is InChI=1S/C14H11BrClF3N2/c1-7(2)11-10(15)12(16)21-13(20-11)8-5-3-4-6-9(8)14(17,18)19/h3-7H,1-2H3. The van der Waals surface area contributed by atoms with Gasteiger partial charge in [-0.2, -0.15) is 13.2 Å². The maximum absolute atomic E-state index is 13.1. The van der Waals surface area contributed by atoms with E-state index in [1.54, 1.807) is 0 Å². The van der Waals surface area contributed by atoms with Crippen LogP contribution in [0.5, 0.6) is 0 Å². The van der Waals surface area contributed by atoms with Crippen molar-refractivity contribution in [2.45, 2.75) is 25.9 Å². The Labute approximate surface area is 133 Å². The number of hydrogen-bond acceptors (Lipinski definition) is 2. The first kappa shape index (κ1) is 16.2. The van der Waals surface area contributed by atoms with Crippen molar-refractivity contribution in [2.24, 2.45) is 0 Å². The predicted octanol–water partition coefficient (Wildman–Crippen LogP) is 5.70. The van der Waals surface area contributed by atoms with Crippen LogP contribution in [0.3, 0.4) is 0 Å². The lowest BCUT2D eigenvalue weighted by atomic mass is 10.1. The van der Waals surface area contributed by atoms with Crippen molar-refractivity contribution in [1.29, 1.82) is 0 Å². The quantitative estimate of drug-likeness (QED) is 0.625. The number of benzene rings is 1. The highest BCUT2D eigenvalue weighted by Gasteiger charge is 2.34. The molecule has 0 spiro atoms. The molecule has 1 aromatic carbocycles. The Morgan fingerprint density at radius 3 is 2.33 bits per heavy atom. The molecule has 2 rings (SSSR count). The van der Waals surface area contributed by atoms with Crippen LogP contribution in [-0.2, 0) is 6.18 Å². The second-order valence-corrected chi connectivity index (χ2v) is 5.89. The zero-order valence-electron chi connectivity index (χ0n) is 11.2. The lowest BCUT2D eigenvalue weighted by Gasteiger charge is -2.14. The fourth-order valence-corrected chi connectivity index (χ4v) is 2.68. The summed E-state index contributed by atoms with van der Waals surface area (Å²) in [5.41, 5.74) is -0.290. The number of rotatable bonds is 2. The summed E-state index contributed by atoms with van der Waals surface area (Å²) in [6.07, 6.45) is -4.47. The Balaban J connectivity index is 2.69. The summed E-state index contributed by atoms with van der Waals surface area (Å²) in [4.78, 5) is 8.20. The molecule has 0 aliphatic carbocycles. The molecule has 0 amide bonds. The summed E-state index contributed by atoms with van der Waals surface area (Å²) in [6.45, 7) is 3.76. The van der Waals surface area contributed by atoms with Gasteiger partial charge in [0.25, 0.3) is 0 Å². The summed E-state index contributed by atoms with van der Waals surface area (Å²) in [5.74, 6) is -0.0310. The molecule has 0 atom stereocenters. The maximum Gasteiger partial charge on any atom is 0.417 e. The van der Waals surface area contributed by atoms with E-state index in [1.165, 1.54) is 18.2 Å². The van der Waals surface area contributed by atoms with Gasteiger partial charge in [0.05, 0.1) is 15.7 Å². The van der Waals surface area contributed by atoms with Gasteiger partial charge in [0.1, 0.15) is 5.15 Å². The van der Waals surface area contributed by atoms with Gasteiger partial charge in [-0.3, -0.25) is 0 Å². The van der Waals surface area contributed by atoms with E-state index in [4.69, 9.17) is 11.6 Å². The summed E-state index contributed by atoms with van der Waals surface area (Å²) in [7, 11) is 0. The molecule has 7 heteroatoms. The summed E-state index contributed by atoms with van der Waals surface area (Å²) in [5, 5.41) is 0.0978. The van der Waals surface area contributed by atoms with Crippen LogP contribution in [0.25, 0.3) is 11.4 Å². The number of halogens is 5. The molecule has 0 saturated carbocycles. The van der Waals surface area contributed by atoms with Gasteiger partial charge < -0.3 is 0 Å². The molecule has 1 aromatic heterocycles. The molecule has 0 bridgehead atoms. The molecular formula is C14H11BrClF3N2. The van der Waals surface area contributed by atoms with Crippen LogP contribution in [-0.4, -0.2) is 9.97 Å². The van der Waals surface area contributed by atoms with E-state index in [0.717, 1.165) is 6.07 Å². The molecule has 0 aliphatic rings. The lowest BCUT2D eigenvalue weighted by molar-refractivity contribution is -0.137. The van der Waals surface area contributed by atoms with Gasteiger partial charge in [-0.1, -0.05) is 43.6 Å². The molecule has 1 heterocycles. The molecule has 2 aromatic rings. The fraction of sp³-hybridized carbons (Fsp3) is 0.286. The van der Waals surface area contributed by atoms with Crippen LogP contribution in [0.4, 0.5) is 13.2 Å². The van der Waals surface area contributed by atoms with Crippen molar-refractivity contribution in [2.75, 3.05) is 0 Å². The third kappa shape index (κ3) is 3.37. The molecular weight excluding hydrogens is 369 g/mol. The van der Waals surface area contributed by atoms with Crippen LogP contribution in [0.1, 0.15) is 31.0 Å². The Kier molecular flexibility index (Phi) is 4.58. The maximum atomic E-state index is 13.1. The number of hydrogen-bond donors (Lipinski definition) is 0. The van der Waals surface area contributed by atoms with E-state index in [1.807, 2.05) is 13.8 Å². The van der Waals surface area contributed by atoms with E-state index < -0.39 is 11.7 Å². The summed E-state index contributed by atoms with van der Waals surface area (Å²) in [6, 6.07) is 5.19. The highest BCUT2D eigenvalue weighted by Crippen LogP contribution is 2.37. The van der Waals surface area contributed by atoms with E-state index in [0.29, 0.717) is 10.2 Å². The number of nitrogens with zero attached hydrogens (tertiary/aromatic N) is 2. The zero-order chi connectivity index (χ0) is 15.8. The Morgan fingerprint density at radius 1 is 1.14 bits per heavy atom. The first-order valence-electron chi connectivity index (χ1n) is 6.11. The molecule has 112 valence electrons. The topological polar surface area (TPSA) is 25.8 Å². The smallest absolute Gasteiger partial charge is 0.232 e. The van der Waals surface area contributed by atoms with Crippen LogP contribution in [0, 0.1) is 0 Å². The number of alkyl halides is 3. The van der Waals surface area contributed by atoms with Crippen LogP contribution >= 0.6 is 27.5 Å². The average Bonchev–Trinajstić information content (AvgIpc) is 2.40. The molecule has 0 aliphatic heterocycles. The van der Waals surface area contributed by atoms with Gasteiger partial charge >= 0.3 is 6.18 Å². The second-order valence-electron chi connectivity index (χ2n) is 4.74. The highest BCUT2D eigenvalue weighted by atomic mass is 79.9. The highest BCUT2D eigenvalue weighted by molar-refractivity contribution is 9.10. The monoisotopic (exact) mass is 378 g/mol. The lowest BCUT2D eigenvalue weighted by Crippen LogP contribution is -2.09. The van der Waals surface area contributed by atoms with Gasteiger partial charge in [-0.05, 0) is 27.9 Å². The molecule has 0 saturated heterocycles.